The predicted molar refractivity (Wildman–Crippen MR) is 85.6 cm³/mol. The molecule has 3 rings (SSSR count). The first-order valence-electron chi connectivity index (χ1n) is 7.41. The first-order chi connectivity index (χ1) is 10.8. The van der Waals surface area contributed by atoms with Gasteiger partial charge in [0.2, 0.25) is 5.16 Å². The van der Waals surface area contributed by atoms with Gasteiger partial charge in [0, 0.05) is 5.92 Å². The van der Waals surface area contributed by atoms with E-state index in [1.54, 1.807) is 18.4 Å². The molecule has 2 aromatic rings. The lowest BCUT2D eigenvalue weighted by atomic mass is 9.87. The van der Waals surface area contributed by atoms with Crippen molar-refractivity contribution in [2.75, 3.05) is 6.26 Å². The van der Waals surface area contributed by atoms with Crippen LogP contribution in [-0.2, 0) is 0 Å². The van der Waals surface area contributed by atoms with Crippen LogP contribution in [0.5, 0.6) is 0 Å². The molecule has 0 radical (unpaired) electrons. The highest BCUT2D eigenvalue weighted by molar-refractivity contribution is 7.98. The van der Waals surface area contributed by atoms with E-state index in [0.29, 0.717) is 16.6 Å². The van der Waals surface area contributed by atoms with Gasteiger partial charge in [0.1, 0.15) is 11.5 Å². The van der Waals surface area contributed by atoms with E-state index in [1.807, 2.05) is 6.26 Å². The Bertz CT molecular complexity index is 703. The summed E-state index contributed by atoms with van der Waals surface area (Å²) in [4.78, 5) is 12.7. The van der Waals surface area contributed by atoms with Crippen molar-refractivity contribution in [3.63, 3.8) is 0 Å². The average Bonchev–Trinajstić information content (AvgIpc) is 3.07. The lowest BCUT2D eigenvalue weighted by molar-refractivity contribution is 0.422. The van der Waals surface area contributed by atoms with Gasteiger partial charge in [-0.1, -0.05) is 31.0 Å². The summed E-state index contributed by atoms with van der Waals surface area (Å²) in [6.07, 6.45) is 10.5. The number of aromatic nitrogens is 3. The first kappa shape index (κ1) is 15.0. The molecular weight excluding hydrogens is 300 g/mol. The van der Waals surface area contributed by atoms with E-state index >= 15 is 0 Å². The topological polar surface area (TPSA) is 73.3 Å². The minimum absolute atomic E-state index is 0.172. The maximum absolute atomic E-state index is 12.7. The molecule has 0 aliphatic heterocycles. The molecule has 2 heterocycles. The minimum atomic E-state index is -0.172. The third kappa shape index (κ3) is 3.14. The van der Waals surface area contributed by atoms with E-state index < -0.39 is 0 Å². The molecule has 0 N–H and O–H groups in total. The van der Waals surface area contributed by atoms with E-state index in [0.717, 1.165) is 25.7 Å². The molecule has 1 fully saturated rings. The maximum Gasteiger partial charge on any atom is 0.297 e. The summed E-state index contributed by atoms with van der Waals surface area (Å²) in [6.45, 7) is 0. The highest BCUT2D eigenvalue weighted by atomic mass is 32.2. The van der Waals surface area contributed by atoms with Crippen molar-refractivity contribution < 1.29 is 4.42 Å². The van der Waals surface area contributed by atoms with Gasteiger partial charge in [0.15, 0.2) is 0 Å². The summed E-state index contributed by atoms with van der Waals surface area (Å²) < 4.78 is 6.53. The Hall–Kier alpha value is -1.89. The van der Waals surface area contributed by atoms with Crippen molar-refractivity contribution in [1.82, 2.24) is 14.9 Å². The number of thioether (sulfide) groups is 1. The van der Waals surface area contributed by atoms with Crippen LogP contribution in [0.2, 0.25) is 0 Å². The van der Waals surface area contributed by atoms with Crippen molar-refractivity contribution in [2.45, 2.75) is 43.2 Å². The molecule has 1 aliphatic rings. The summed E-state index contributed by atoms with van der Waals surface area (Å²) in [5.41, 5.74) is 0.364. The van der Waals surface area contributed by atoms with E-state index in [-0.39, 0.29) is 11.5 Å². The van der Waals surface area contributed by atoms with Gasteiger partial charge >= 0.3 is 0 Å². The summed E-state index contributed by atoms with van der Waals surface area (Å²) in [5.74, 6) is 0.796. The second-order valence-electron chi connectivity index (χ2n) is 5.28. The van der Waals surface area contributed by atoms with E-state index in [4.69, 9.17) is 4.42 Å². The van der Waals surface area contributed by atoms with Crippen molar-refractivity contribution >= 4 is 18.0 Å². The van der Waals surface area contributed by atoms with Crippen LogP contribution in [0, 0.1) is 0 Å². The van der Waals surface area contributed by atoms with Gasteiger partial charge in [-0.15, -0.1) is 10.2 Å². The van der Waals surface area contributed by atoms with Crippen LogP contribution in [-0.4, -0.2) is 27.3 Å². The maximum atomic E-state index is 12.7. The molecule has 0 saturated heterocycles. The molecule has 1 aliphatic carbocycles. The standard InChI is InChI=1S/C15H18N4O2S/c1-22-15-18-17-13(11-6-3-2-4-7-11)14(20)19(15)16-10-12-8-5-9-21-12/h5,8-11H,2-4,6-7H2,1H3. The van der Waals surface area contributed by atoms with Crippen LogP contribution >= 0.6 is 11.8 Å². The highest BCUT2D eigenvalue weighted by Gasteiger charge is 2.22. The molecule has 0 aromatic carbocycles. The van der Waals surface area contributed by atoms with Gasteiger partial charge in [0.05, 0.1) is 12.5 Å². The monoisotopic (exact) mass is 318 g/mol. The van der Waals surface area contributed by atoms with Crippen molar-refractivity contribution in [3.05, 3.63) is 40.2 Å². The van der Waals surface area contributed by atoms with Crippen molar-refractivity contribution in [3.8, 4) is 0 Å². The van der Waals surface area contributed by atoms with Crippen LogP contribution in [0.3, 0.4) is 0 Å². The highest BCUT2D eigenvalue weighted by Crippen LogP contribution is 2.29. The molecule has 0 amide bonds. The summed E-state index contributed by atoms with van der Waals surface area (Å²) in [7, 11) is 0. The van der Waals surface area contributed by atoms with Crippen LogP contribution in [0.25, 0.3) is 0 Å². The predicted octanol–water partition coefficient (Wildman–Crippen LogP) is 2.88. The lowest BCUT2D eigenvalue weighted by Gasteiger charge is -2.20. The quantitative estimate of drug-likeness (QED) is 0.640. The van der Waals surface area contributed by atoms with Crippen LogP contribution in [0.4, 0.5) is 0 Å². The van der Waals surface area contributed by atoms with Crippen molar-refractivity contribution in [1.29, 1.82) is 0 Å². The molecule has 6 nitrogen and oxygen atoms in total. The first-order valence-corrected chi connectivity index (χ1v) is 8.63. The number of furan rings is 1. The number of rotatable bonds is 4. The van der Waals surface area contributed by atoms with Gasteiger partial charge < -0.3 is 4.42 Å². The fraction of sp³-hybridized carbons (Fsp3) is 0.467. The van der Waals surface area contributed by atoms with Gasteiger partial charge in [-0.3, -0.25) is 4.79 Å². The number of hydrogen-bond donors (Lipinski definition) is 0. The summed E-state index contributed by atoms with van der Waals surface area (Å²) in [6, 6.07) is 3.56. The van der Waals surface area contributed by atoms with E-state index in [2.05, 4.69) is 15.3 Å². The normalized spacial score (nSPS) is 16.4. The SMILES string of the molecule is CSc1nnc(C2CCCCC2)c(=O)n1N=Cc1ccco1. The zero-order valence-electron chi connectivity index (χ0n) is 12.4. The van der Waals surface area contributed by atoms with Crippen LogP contribution in [0.15, 0.2) is 37.9 Å². The minimum Gasteiger partial charge on any atom is -0.463 e. The molecule has 1 saturated carbocycles. The Balaban J connectivity index is 1.97. The Kier molecular flexibility index (Phi) is 4.72. The number of nitrogens with zero attached hydrogens (tertiary/aromatic N) is 4. The van der Waals surface area contributed by atoms with E-state index in [9.17, 15) is 4.79 Å². The molecule has 0 atom stereocenters. The Morgan fingerprint density at radius 2 is 2.18 bits per heavy atom. The fourth-order valence-corrected chi connectivity index (χ4v) is 3.14. The molecule has 0 bridgehead atoms. The molecule has 0 unspecified atom stereocenters. The smallest absolute Gasteiger partial charge is 0.297 e. The largest absolute Gasteiger partial charge is 0.463 e. The zero-order chi connectivity index (χ0) is 15.4. The summed E-state index contributed by atoms with van der Waals surface area (Å²) >= 11 is 1.35. The van der Waals surface area contributed by atoms with Gasteiger partial charge in [-0.05, 0) is 31.2 Å². The van der Waals surface area contributed by atoms with Crippen LogP contribution < -0.4 is 5.56 Å². The Morgan fingerprint density at radius 1 is 1.36 bits per heavy atom. The molecule has 2 aromatic heterocycles. The Morgan fingerprint density at radius 3 is 2.86 bits per heavy atom. The molecular formula is C15H18N4O2S. The number of hydrogen-bond acceptors (Lipinski definition) is 6. The van der Waals surface area contributed by atoms with Gasteiger partial charge in [-0.25, -0.2) is 0 Å². The third-order valence-corrected chi connectivity index (χ3v) is 4.47. The molecule has 22 heavy (non-hydrogen) atoms. The lowest BCUT2D eigenvalue weighted by Crippen LogP contribution is -2.28. The second-order valence-corrected chi connectivity index (χ2v) is 6.06. The van der Waals surface area contributed by atoms with Crippen molar-refractivity contribution in [2.24, 2.45) is 5.10 Å². The molecule has 116 valence electrons. The molecule has 7 heteroatoms. The molecule has 0 spiro atoms. The van der Waals surface area contributed by atoms with Gasteiger partial charge in [-0.2, -0.15) is 9.78 Å². The van der Waals surface area contributed by atoms with Gasteiger partial charge in [0.25, 0.3) is 5.56 Å². The van der Waals surface area contributed by atoms with E-state index in [1.165, 1.54) is 29.1 Å². The average molecular weight is 318 g/mol. The fourth-order valence-electron chi connectivity index (χ4n) is 2.72. The Labute approximate surface area is 132 Å². The second kappa shape index (κ2) is 6.91. The van der Waals surface area contributed by atoms with Crippen LogP contribution in [0.1, 0.15) is 49.5 Å². The zero-order valence-corrected chi connectivity index (χ0v) is 13.3. The third-order valence-electron chi connectivity index (χ3n) is 3.85. The summed E-state index contributed by atoms with van der Waals surface area (Å²) in [5, 5.41) is 13.1.